The Hall–Kier alpha value is -0.650. The van der Waals surface area contributed by atoms with E-state index >= 15 is 0 Å². The minimum atomic E-state index is -1.42. The van der Waals surface area contributed by atoms with Gasteiger partial charge in [0.1, 0.15) is 0 Å². The maximum Gasteiger partial charge on any atom is 0.234 e. The lowest BCUT2D eigenvalue weighted by Crippen LogP contribution is -2.46. The molecule has 0 aromatic heterocycles. The van der Waals surface area contributed by atoms with Crippen molar-refractivity contribution in [3.8, 4) is 0 Å². The number of carbonyl (C=O) groups is 1. The van der Waals surface area contributed by atoms with Crippen molar-refractivity contribution in [2.45, 2.75) is 155 Å². The third-order valence-corrected chi connectivity index (χ3v) is 6.17. The first-order valence-electron chi connectivity index (χ1n) is 14.0. The highest BCUT2D eigenvalue weighted by Gasteiger charge is 2.11. The third kappa shape index (κ3) is 24.0. The molecule has 192 valence electrons. The number of aliphatic hydroxyl groups is 2. The van der Waals surface area contributed by atoms with E-state index in [2.05, 4.69) is 12.3 Å². The van der Waals surface area contributed by atoms with Crippen LogP contribution in [-0.2, 0) is 4.79 Å². The molecule has 32 heavy (non-hydrogen) atoms. The van der Waals surface area contributed by atoms with Crippen LogP contribution in [0.25, 0.3) is 0 Å². The maximum absolute atomic E-state index is 12.0. The summed E-state index contributed by atoms with van der Waals surface area (Å²) in [5, 5.41) is 19.7. The van der Waals surface area contributed by atoms with Crippen molar-refractivity contribution in [2.24, 2.45) is 0 Å². The fourth-order valence-electron chi connectivity index (χ4n) is 4.26. The van der Waals surface area contributed by atoms with E-state index in [1.807, 2.05) is 6.92 Å². The summed E-state index contributed by atoms with van der Waals surface area (Å²) in [6.07, 6.45) is 25.6. The highest BCUT2D eigenvalue weighted by molar-refractivity contribution is 5.75. The fourth-order valence-corrected chi connectivity index (χ4v) is 4.26. The van der Waals surface area contributed by atoms with Gasteiger partial charge in [-0.1, -0.05) is 129 Å². The van der Waals surface area contributed by atoms with Crippen LogP contribution in [0.1, 0.15) is 149 Å². The summed E-state index contributed by atoms with van der Waals surface area (Å²) in [4.78, 5) is 12.0. The molecule has 0 aromatic carbocycles. The molecular formula is C27H56N2O3. The van der Waals surface area contributed by atoms with Crippen molar-refractivity contribution < 1.29 is 15.0 Å². The average molecular weight is 457 g/mol. The standard InChI is InChI=1S/C27H56N2O3/c1-3-5-6-7-8-9-10-11-12-13-14-15-16-17-18-19-20-21-22-23-26(30)28-29(24-4-2)25-27(31)32/h27,31-32H,3-25H2,1-2H3,(H,28,30). The number of nitrogens with one attached hydrogen (secondary N) is 1. The normalized spacial score (nSPS) is 11.6. The molecule has 5 heteroatoms. The van der Waals surface area contributed by atoms with Gasteiger partial charge < -0.3 is 10.2 Å². The summed E-state index contributed by atoms with van der Waals surface area (Å²) < 4.78 is 0. The van der Waals surface area contributed by atoms with Crippen LogP contribution < -0.4 is 5.43 Å². The first-order valence-corrected chi connectivity index (χ1v) is 14.0. The van der Waals surface area contributed by atoms with Crippen LogP contribution in [0, 0.1) is 0 Å². The second kappa shape index (κ2) is 25.0. The second-order valence-electron chi connectivity index (χ2n) is 9.58. The molecule has 0 aliphatic heterocycles. The fraction of sp³-hybridized carbons (Fsp3) is 0.963. The lowest BCUT2D eigenvalue weighted by Gasteiger charge is -2.23. The number of nitrogens with zero attached hydrogens (tertiary/aromatic N) is 1. The monoisotopic (exact) mass is 456 g/mol. The number of rotatable bonds is 25. The van der Waals surface area contributed by atoms with Crippen LogP contribution in [0.4, 0.5) is 0 Å². The van der Waals surface area contributed by atoms with Crippen LogP contribution in [0.5, 0.6) is 0 Å². The van der Waals surface area contributed by atoms with Crippen molar-refractivity contribution >= 4 is 5.91 Å². The van der Waals surface area contributed by atoms with Crippen LogP contribution in [0.15, 0.2) is 0 Å². The van der Waals surface area contributed by atoms with Crippen LogP contribution in [0.2, 0.25) is 0 Å². The lowest BCUT2D eigenvalue weighted by atomic mass is 10.0. The van der Waals surface area contributed by atoms with Crippen molar-refractivity contribution in [1.82, 2.24) is 10.4 Å². The maximum atomic E-state index is 12.0. The highest BCUT2D eigenvalue weighted by atomic mass is 16.5. The van der Waals surface area contributed by atoms with Gasteiger partial charge in [0.2, 0.25) is 5.91 Å². The van der Waals surface area contributed by atoms with Gasteiger partial charge in [-0.25, -0.2) is 5.01 Å². The largest absolute Gasteiger partial charge is 0.367 e. The average Bonchev–Trinajstić information content (AvgIpc) is 2.75. The molecule has 1 amide bonds. The third-order valence-electron chi connectivity index (χ3n) is 6.17. The minimum absolute atomic E-state index is 0.0222. The van der Waals surface area contributed by atoms with Crippen molar-refractivity contribution in [3.63, 3.8) is 0 Å². The lowest BCUT2D eigenvalue weighted by molar-refractivity contribution is -0.129. The smallest absolute Gasteiger partial charge is 0.234 e. The zero-order chi connectivity index (χ0) is 23.7. The molecule has 0 saturated heterocycles. The molecule has 0 bridgehead atoms. The van der Waals surface area contributed by atoms with Gasteiger partial charge in [-0.15, -0.1) is 0 Å². The number of hydrazine groups is 1. The first-order chi connectivity index (χ1) is 15.6. The zero-order valence-electron chi connectivity index (χ0n) is 21.6. The van der Waals surface area contributed by atoms with E-state index in [4.69, 9.17) is 10.2 Å². The number of carbonyl (C=O) groups excluding carboxylic acids is 1. The van der Waals surface area contributed by atoms with E-state index in [1.54, 1.807) is 5.01 Å². The minimum Gasteiger partial charge on any atom is -0.367 e. The van der Waals surface area contributed by atoms with Gasteiger partial charge in [0.25, 0.3) is 0 Å². The van der Waals surface area contributed by atoms with Crippen LogP contribution in [-0.4, -0.2) is 40.5 Å². The summed E-state index contributed by atoms with van der Waals surface area (Å²) in [7, 11) is 0. The van der Waals surface area contributed by atoms with E-state index in [0.717, 1.165) is 19.3 Å². The van der Waals surface area contributed by atoms with Gasteiger partial charge in [-0.2, -0.15) is 0 Å². The predicted molar refractivity (Wildman–Crippen MR) is 136 cm³/mol. The molecule has 0 radical (unpaired) electrons. The topological polar surface area (TPSA) is 72.8 Å². The Morgan fingerprint density at radius 2 is 1.00 bits per heavy atom. The molecule has 3 N–H and O–H groups in total. The molecule has 0 unspecified atom stereocenters. The SMILES string of the molecule is CCCCCCCCCCCCCCCCCCCCCC(=O)NN(CCC)CC(O)O. The summed E-state index contributed by atoms with van der Waals surface area (Å²) >= 11 is 0. The van der Waals surface area contributed by atoms with E-state index in [9.17, 15) is 4.79 Å². The molecule has 0 saturated carbocycles. The van der Waals surface area contributed by atoms with Crippen LogP contribution in [0.3, 0.4) is 0 Å². The second-order valence-corrected chi connectivity index (χ2v) is 9.58. The molecule has 0 heterocycles. The van der Waals surface area contributed by atoms with Gasteiger partial charge in [0.05, 0.1) is 6.54 Å². The number of unbranched alkanes of at least 4 members (excludes halogenated alkanes) is 18. The van der Waals surface area contributed by atoms with Gasteiger partial charge in [0.15, 0.2) is 6.29 Å². The van der Waals surface area contributed by atoms with Crippen molar-refractivity contribution in [2.75, 3.05) is 13.1 Å². The van der Waals surface area contributed by atoms with Gasteiger partial charge in [0, 0.05) is 13.0 Å². The number of hydrogen-bond acceptors (Lipinski definition) is 4. The summed E-state index contributed by atoms with van der Waals surface area (Å²) in [6.45, 7) is 4.96. The predicted octanol–water partition coefficient (Wildman–Crippen LogP) is 6.86. The zero-order valence-corrected chi connectivity index (χ0v) is 21.6. The van der Waals surface area contributed by atoms with Gasteiger partial charge in [-0.3, -0.25) is 10.2 Å². The van der Waals surface area contributed by atoms with E-state index in [0.29, 0.717) is 13.0 Å². The Morgan fingerprint density at radius 1 is 0.625 bits per heavy atom. The summed E-state index contributed by atoms with van der Waals surface area (Å²) in [5.41, 5.74) is 2.78. The Labute approximate surface area is 199 Å². The number of amides is 1. The Kier molecular flexibility index (Phi) is 24.5. The molecule has 5 nitrogen and oxygen atoms in total. The number of hydrogen-bond donors (Lipinski definition) is 3. The van der Waals surface area contributed by atoms with Crippen LogP contribution >= 0.6 is 0 Å². The molecule has 0 aliphatic carbocycles. The van der Waals surface area contributed by atoms with Crippen molar-refractivity contribution in [1.29, 1.82) is 0 Å². The highest BCUT2D eigenvalue weighted by Crippen LogP contribution is 2.14. The Balaban J connectivity index is 3.30. The summed E-state index contributed by atoms with van der Waals surface area (Å²) in [6, 6.07) is 0. The number of aliphatic hydroxyl groups excluding tert-OH is 1. The molecule has 0 aliphatic rings. The van der Waals surface area contributed by atoms with E-state index < -0.39 is 6.29 Å². The summed E-state index contributed by atoms with van der Waals surface area (Å²) in [5.74, 6) is -0.0222. The van der Waals surface area contributed by atoms with Gasteiger partial charge >= 0.3 is 0 Å². The molecule has 0 rings (SSSR count). The molecule has 0 fully saturated rings. The first kappa shape index (κ1) is 31.4. The molecule has 0 aromatic rings. The molecule has 0 spiro atoms. The van der Waals surface area contributed by atoms with Gasteiger partial charge in [-0.05, 0) is 12.8 Å². The van der Waals surface area contributed by atoms with E-state index in [-0.39, 0.29) is 12.5 Å². The molecular weight excluding hydrogens is 400 g/mol. The Bertz CT molecular complexity index is 391. The van der Waals surface area contributed by atoms with Crippen molar-refractivity contribution in [3.05, 3.63) is 0 Å². The quantitative estimate of drug-likeness (QED) is 0.0797. The Morgan fingerprint density at radius 3 is 1.34 bits per heavy atom. The molecule has 0 atom stereocenters. The van der Waals surface area contributed by atoms with E-state index in [1.165, 1.54) is 109 Å².